The SMILES string of the molecule is O=[N+]([O-])c1ccc(N2CCN(S(=O)(=O)c3cc(Cl)cc(Cl)c3)CC2)nc1. The molecule has 1 saturated heterocycles. The van der Waals surface area contributed by atoms with Gasteiger partial charge >= 0.3 is 0 Å². The molecule has 0 amide bonds. The summed E-state index contributed by atoms with van der Waals surface area (Å²) < 4.78 is 26.9. The quantitative estimate of drug-likeness (QED) is 0.561. The highest BCUT2D eigenvalue weighted by atomic mass is 35.5. The van der Waals surface area contributed by atoms with E-state index in [1.807, 2.05) is 4.90 Å². The van der Waals surface area contributed by atoms with E-state index in [0.717, 1.165) is 0 Å². The van der Waals surface area contributed by atoms with E-state index in [9.17, 15) is 18.5 Å². The van der Waals surface area contributed by atoms with Gasteiger partial charge in [0.15, 0.2) is 0 Å². The molecule has 8 nitrogen and oxygen atoms in total. The number of pyridine rings is 1. The third-order valence-electron chi connectivity index (χ3n) is 3.98. The van der Waals surface area contributed by atoms with Crippen LogP contribution < -0.4 is 4.90 Å². The van der Waals surface area contributed by atoms with Crippen LogP contribution in [0.3, 0.4) is 0 Å². The second-order valence-electron chi connectivity index (χ2n) is 5.63. The molecule has 1 fully saturated rings. The summed E-state index contributed by atoms with van der Waals surface area (Å²) in [5.74, 6) is 0.568. The number of piperazine rings is 1. The molecule has 2 aromatic rings. The van der Waals surface area contributed by atoms with Crippen LogP contribution in [0, 0.1) is 10.1 Å². The number of hydrogen-bond acceptors (Lipinski definition) is 6. The smallest absolute Gasteiger partial charge is 0.287 e. The molecule has 11 heteroatoms. The van der Waals surface area contributed by atoms with Crippen LogP contribution in [0.25, 0.3) is 0 Å². The number of sulfonamides is 1. The monoisotopic (exact) mass is 416 g/mol. The zero-order valence-electron chi connectivity index (χ0n) is 13.4. The maximum absolute atomic E-state index is 12.8. The lowest BCUT2D eigenvalue weighted by Gasteiger charge is -2.34. The number of benzene rings is 1. The van der Waals surface area contributed by atoms with Gasteiger partial charge in [-0.2, -0.15) is 4.31 Å². The number of nitro groups is 1. The summed E-state index contributed by atoms with van der Waals surface area (Å²) in [4.78, 5) is 16.2. The molecule has 0 bridgehead atoms. The lowest BCUT2D eigenvalue weighted by Crippen LogP contribution is -2.48. The van der Waals surface area contributed by atoms with Gasteiger partial charge < -0.3 is 4.90 Å². The number of rotatable bonds is 4. The van der Waals surface area contributed by atoms with E-state index in [4.69, 9.17) is 23.2 Å². The Morgan fingerprint density at radius 2 is 1.65 bits per heavy atom. The van der Waals surface area contributed by atoms with Crippen LogP contribution in [0.1, 0.15) is 0 Å². The van der Waals surface area contributed by atoms with Crippen LogP contribution in [0.2, 0.25) is 10.0 Å². The number of anilines is 1. The molecule has 3 rings (SSSR count). The van der Waals surface area contributed by atoms with Crippen molar-refractivity contribution in [3.8, 4) is 0 Å². The van der Waals surface area contributed by atoms with Crippen LogP contribution in [0.15, 0.2) is 41.4 Å². The van der Waals surface area contributed by atoms with E-state index in [1.54, 1.807) is 6.07 Å². The summed E-state index contributed by atoms with van der Waals surface area (Å²) in [6.07, 6.45) is 1.19. The predicted octanol–water partition coefficient (Wildman–Crippen LogP) is 2.81. The fourth-order valence-corrected chi connectivity index (χ4v) is 4.81. The van der Waals surface area contributed by atoms with Gasteiger partial charge in [-0.25, -0.2) is 13.4 Å². The van der Waals surface area contributed by atoms with Crippen molar-refractivity contribution in [3.05, 3.63) is 56.7 Å². The van der Waals surface area contributed by atoms with Crippen molar-refractivity contribution in [1.82, 2.24) is 9.29 Å². The summed E-state index contributed by atoms with van der Waals surface area (Å²) in [6.45, 7) is 1.34. The predicted molar refractivity (Wildman–Crippen MR) is 98.3 cm³/mol. The van der Waals surface area contributed by atoms with Crippen molar-refractivity contribution in [2.45, 2.75) is 4.90 Å². The maximum Gasteiger partial charge on any atom is 0.287 e. The zero-order valence-corrected chi connectivity index (χ0v) is 15.7. The number of halogens is 2. The largest absolute Gasteiger partial charge is 0.354 e. The average molecular weight is 417 g/mol. The molecular weight excluding hydrogens is 403 g/mol. The molecule has 0 radical (unpaired) electrons. The van der Waals surface area contributed by atoms with Crippen LogP contribution in [0.4, 0.5) is 11.5 Å². The minimum absolute atomic E-state index is 0.0527. The molecule has 1 aromatic heterocycles. The lowest BCUT2D eigenvalue weighted by atomic mass is 10.3. The van der Waals surface area contributed by atoms with Gasteiger partial charge in [-0.1, -0.05) is 23.2 Å². The van der Waals surface area contributed by atoms with Crippen molar-refractivity contribution >= 4 is 44.7 Å². The van der Waals surface area contributed by atoms with Gasteiger partial charge in [0.2, 0.25) is 10.0 Å². The highest BCUT2D eigenvalue weighted by Crippen LogP contribution is 2.26. The summed E-state index contributed by atoms with van der Waals surface area (Å²) in [6, 6.07) is 7.14. The Bertz CT molecular complexity index is 909. The summed E-state index contributed by atoms with van der Waals surface area (Å²) in [7, 11) is -3.70. The molecule has 26 heavy (non-hydrogen) atoms. The Hall–Kier alpha value is -1.94. The minimum Gasteiger partial charge on any atom is -0.354 e. The van der Waals surface area contributed by atoms with Crippen molar-refractivity contribution in [1.29, 1.82) is 0 Å². The fraction of sp³-hybridized carbons (Fsp3) is 0.267. The van der Waals surface area contributed by atoms with E-state index >= 15 is 0 Å². The van der Waals surface area contributed by atoms with Crippen molar-refractivity contribution < 1.29 is 13.3 Å². The number of nitrogens with zero attached hydrogens (tertiary/aromatic N) is 4. The average Bonchev–Trinajstić information content (AvgIpc) is 2.61. The van der Waals surface area contributed by atoms with Crippen molar-refractivity contribution in [3.63, 3.8) is 0 Å². The second-order valence-corrected chi connectivity index (χ2v) is 8.44. The Balaban J connectivity index is 1.72. The van der Waals surface area contributed by atoms with E-state index in [0.29, 0.717) is 18.9 Å². The molecule has 2 heterocycles. The molecule has 138 valence electrons. The summed E-state index contributed by atoms with van der Waals surface area (Å²) in [5.41, 5.74) is -0.0900. The molecule has 1 aliphatic heterocycles. The minimum atomic E-state index is -3.70. The van der Waals surface area contributed by atoms with Gasteiger partial charge in [0.05, 0.1) is 9.82 Å². The first-order chi connectivity index (χ1) is 12.3. The van der Waals surface area contributed by atoms with Gasteiger partial charge in [0, 0.05) is 42.3 Å². The molecule has 0 N–H and O–H groups in total. The fourth-order valence-electron chi connectivity index (χ4n) is 2.66. The lowest BCUT2D eigenvalue weighted by molar-refractivity contribution is -0.385. The van der Waals surface area contributed by atoms with E-state index in [-0.39, 0.29) is 33.7 Å². The first kappa shape index (κ1) is 18.8. The molecule has 0 spiro atoms. The van der Waals surface area contributed by atoms with E-state index in [1.165, 1.54) is 34.8 Å². The Morgan fingerprint density at radius 3 is 2.15 bits per heavy atom. The molecule has 0 atom stereocenters. The Morgan fingerprint density at radius 1 is 1.04 bits per heavy atom. The highest BCUT2D eigenvalue weighted by molar-refractivity contribution is 7.89. The van der Waals surface area contributed by atoms with E-state index in [2.05, 4.69) is 4.98 Å². The molecular formula is C15H14Cl2N4O4S. The second kappa shape index (κ2) is 7.36. The normalized spacial score (nSPS) is 15.8. The van der Waals surface area contributed by atoms with Gasteiger partial charge in [0.25, 0.3) is 5.69 Å². The zero-order chi connectivity index (χ0) is 18.9. The van der Waals surface area contributed by atoms with Crippen molar-refractivity contribution in [2.75, 3.05) is 31.1 Å². The van der Waals surface area contributed by atoms with Crippen molar-refractivity contribution in [2.24, 2.45) is 0 Å². The summed E-state index contributed by atoms with van der Waals surface area (Å²) in [5, 5.41) is 11.2. The Kier molecular flexibility index (Phi) is 5.33. The first-order valence-corrected chi connectivity index (χ1v) is 9.78. The van der Waals surface area contributed by atoms with Gasteiger partial charge in [-0.3, -0.25) is 10.1 Å². The van der Waals surface area contributed by atoms with Gasteiger partial charge in [-0.15, -0.1) is 0 Å². The Labute approximate surface area is 160 Å². The molecule has 0 aliphatic carbocycles. The van der Waals surface area contributed by atoms with E-state index < -0.39 is 14.9 Å². The summed E-state index contributed by atoms with van der Waals surface area (Å²) >= 11 is 11.8. The van der Waals surface area contributed by atoms with Gasteiger partial charge in [0.1, 0.15) is 12.0 Å². The highest BCUT2D eigenvalue weighted by Gasteiger charge is 2.29. The van der Waals surface area contributed by atoms with Crippen LogP contribution in [0.5, 0.6) is 0 Å². The third-order valence-corrected chi connectivity index (χ3v) is 6.29. The first-order valence-electron chi connectivity index (χ1n) is 7.59. The third kappa shape index (κ3) is 3.90. The molecule has 1 aliphatic rings. The topological polar surface area (TPSA) is 96.6 Å². The number of aromatic nitrogens is 1. The van der Waals surface area contributed by atoms with Gasteiger partial charge in [-0.05, 0) is 24.3 Å². The van der Waals surface area contributed by atoms with Crippen LogP contribution >= 0.6 is 23.2 Å². The number of hydrogen-bond donors (Lipinski definition) is 0. The maximum atomic E-state index is 12.8. The standard InChI is InChI=1S/C15H14Cl2N4O4S/c16-11-7-12(17)9-14(8-11)26(24,25)20-5-3-19(4-6-20)15-2-1-13(10-18-15)21(22)23/h1-2,7-10H,3-6H2. The van der Waals surface area contributed by atoms with Crippen LogP contribution in [-0.4, -0.2) is 48.8 Å². The molecule has 0 saturated carbocycles. The molecule has 1 aromatic carbocycles. The molecule has 0 unspecified atom stereocenters. The van der Waals surface area contributed by atoms with Crippen LogP contribution in [-0.2, 0) is 10.0 Å².